The van der Waals surface area contributed by atoms with Crippen LogP contribution >= 0.6 is 11.3 Å². The second-order valence-corrected chi connectivity index (χ2v) is 7.28. The molecule has 0 aromatic carbocycles. The van der Waals surface area contributed by atoms with Gasteiger partial charge >= 0.3 is 0 Å². The third-order valence-electron chi connectivity index (χ3n) is 4.87. The Morgan fingerprint density at radius 2 is 2.33 bits per heavy atom. The number of ether oxygens (including phenoxy) is 1. The van der Waals surface area contributed by atoms with E-state index < -0.39 is 0 Å². The van der Waals surface area contributed by atoms with Gasteiger partial charge in [0.25, 0.3) is 0 Å². The minimum atomic E-state index is 0.169. The van der Waals surface area contributed by atoms with E-state index in [4.69, 9.17) is 4.74 Å². The molecular weight excluding hydrogens is 284 g/mol. The van der Waals surface area contributed by atoms with Crippen molar-refractivity contribution in [3.63, 3.8) is 0 Å². The summed E-state index contributed by atoms with van der Waals surface area (Å²) in [7, 11) is 0. The van der Waals surface area contributed by atoms with Crippen LogP contribution in [0.3, 0.4) is 0 Å². The summed E-state index contributed by atoms with van der Waals surface area (Å²) in [5.41, 5.74) is 1.37. The number of nitrogens with zero attached hydrogens (tertiary/aromatic N) is 1. The van der Waals surface area contributed by atoms with Gasteiger partial charge in [0.15, 0.2) is 0 Å². The molecule has 3 aliphatic rings. The third-order valence-corrected chi connectivity index (χ3v) is 5.60. The minimum Gasteiger partial charge on any atom is -0.374 e. The van der Waals surface area contributed by atoms with E-state index in [-0.39, 0.29) is 24.0 Å². The van der Waals surface area contributed by atoms with Gasteiger partial charge in [-0.15, -0.1) is 0 Å². The Kier molecular flexibility index (Phi) is 3.73. The first-order valence-electron chi connectivity index (χ1n) is 7.98. The molecule has 3 atom stereocenters. The van der Waals surface area contributed by atoms with Gasteiger partial charge in [0, 0.05) is 31.7 Å². The zero-order chi connectivity index (χ0) is 14.2. The average molecular weight is 306 g/mol. The summed E-state index contributed by atoms with van der Waals surface area (Å²) in [5, 5.41) is 7.60. The van der Waals surface area contributed by atoms with Gasteiger partial charge < -0.3 is 10.1 Å². The highest BCUT2D eigenvalue weighted by atomic mass is 32.1. The van der Waals surface area contributed by atoms with Gasteiger partial charge in [-0.2, -0.15) is 11.3 Å². The summed E-state index contributed by atoms with van der Waals surface area (Å²) in [6.07, 6.45) is 4.62. The van der Waals surface area contributed by atoms with Crippen molar-refractivity contribution in [1.82, 2.24) is 10.2 Å². The smallest absolute Gasteiger partial charge is 0.223 e. The number of carbonyl (C=O) groups is 1. The van der Waals surface area contributed by atoms with Crippen LogP contribution in [0.1, 0.15) is 31.2 Å². The van der Waals surface area contributed by atoms with Crippen molar-refractivity contribution in [1.29, 1.82) is 0 Å². The van der Waals surface area contributed by atoms with Crippen LogP contribution in [0.5, 0.6) is 0 Å². The van der Waals surface area contributed by atoms with Crippen molar-refractivity contribution < 1.29 is 9.53 Å². The molecule has 3 heterocycles. The molecule has 21 heavy (non-hydrogen) atoms. The van der Waals surface area contributed by atoms with E-state index in [0.717, 1.165) is 39.0 Å². The number of rotatable bonds is 4. The zero-order valence-corrected chi connectivity index (χ0v) is 13.0. The lowest BCUT2D eigenvalue weighted by Gasteiger charge is -2.32. The van der Waals surface area contributed by atoms with Crippen LogP contribution in [0.2, 0.25) is 0 Å². The van der Waals surface area contributed by atoms with Crippen LogP contribution in [-0.4, -0.2) is 42.1 Å². The molecule has 3 fully saturated rings. The molecular formula is C16H22N2O2S. The zero-order valence-electron chi connectivity index (χ0n) is 12.2. The standard InChI is InChI=1S/C16H22N2O2S/c19-16(12-3-4-12)17-13-9-18(8-11-5-7-21-10-11)14-2-1-6-20-15(13)14/h5,7,10,12-15H,1-4,6,8-9H2,(H,17,19)/t13-,14+,15+/m1/s1. The minimum absolute atomic E-state index is 0.169. The number of hydrogen-bond donors (Lipinski definition) is 1. The van der Waals surface area contributed by atoms with E-state index in [0.29, 0.717) is 6.04 Å². The highest BCUT2D eigenvalue weighted by Gasteiger charge is 2.45. The second kappa shape index (κ2) is 5.71. The molecule has 2 aliphatic heterocycles. The fourth-order valence-electron chi connectivity index (χ4n) is 3.63. The molecule has 4 rings (SSSR count). The molecule has 1 N–H and O–H groups in total. The van der Waals surface area contributed by atoms with E-state index in [1.54, 1.807) is 11.3 Å². The molecule has 0 spiro atoms. The highest BCUT2D eigenvalue weighted by Crippen LogP contribution is 2.33. The number of nitrogens with one attached hydrogen (secondary N) is 1. The van der Waals surface area contributed by atoms with Crippen molar-refractivity contribution in [2.75, 3.05) is 13.2 Å². The molecule has 5 heteroatoms. The maximum absolute atomic E-state index is 12.1. The van der Waals surface area contributed by atoms with Crippen LogP contribution in [0.25, 0.3) is 0 Å². The molecule has 0 unspecified atom stereocenters. The fourth-order valence-corrected chi connectivity index (χ4v) is 4.29. The van der Waals surface area contributed by atoms with Crippen LogP contribution < -0.4 is 5.32 Å². The van der Waals surface area contributed by atoms with Gasteiger partial charge in [-0.3, -0.25) is 9.69 Å². The van der Waals surface area contributed by atoms with Gasteiger partial charge in [0.1, 0.15) is 0 Å². The molecule has 0 radical (unpaired) electrons. The first kappa shape index (κ1) is 13.7. The monoisotopic (exact) mass is 306 g/mol. The lowest BCUT2D eigenvalue weighted by Crippen LogP contribution is -2.48. The Morgan fingerprint density at radius 3 is 3.10 bits per heavy atom. The van der Waals surface area contributed by atoms with Gasteiger partial charge in [-0.25, -0.2) is 0 Å². The quantitative estimate of drug-likeness (QED) is 0.925. The van der Waals surface area contributed by atoms with E-state index in [1.807, 2.05) is 0 Å². The number of thiophene rings is 1. The molecule has 1 aliphatic carbocycles. The van der Waals surface area contributed by atoms with Crippen LogP contribution in [-0.2, 0) is 16.1 Å². The van der Waals surface area contributed by atoms with Gasteiger partial charge in [0.05, 0.1) is 12.1 Å². The van der Waals surface area contributed by atoms with E-state index >= 15 is 0 Å². The molecule has 4 nitrogen and oxygen atoms in total. The Morgan fingerprint density at radius 1 is 1.43 bits per heavy atom. The summed E-state index contributed by atoms with van der Waals surface area (Å²) in [4.78, 5) is 14.6. The number of likely N-dealkylation sites (tertiary alicyclic amines) is 1. The molecule has 1 saturated carbocycles. The molecule has 114 valence electrons. The van der Waals surface area contributed by atoms with Crippen molar-refractivity contribution in [2.24, 2.45) is 5.92 Å². The number of hydrogen-bond acceptors (Lipinski definition) is 4. The topological polar surface area (TPSA) is 41.6 Å². The molecule has 1 aromatic heterocycles. The molecule has 0 bridgehead atoms. The van der Waals surface area contributed by atoms with Crippen molar-refractivity contribution >= 4 is 17.2 Å². The first-order chi connectivity index (χ1) is 10.3. The largest absolute Gasteiger partial charge is 0.374 e. The van der Waals surface area contributed by atoms with Crippen LogP contribution in [0.15, 0.2) is 16.8 Å². The summed E-state index contributed by atoms with van der Waals surface area (Å²) in [5.74, 6) is 0.517. The van der Waals surface area contributed by atoms with E-state index in [2.05, 4.69) is 27.0 Å². The normalized spacial score (nSPS) is 32.9. The predicted octanol–water partition coefficient (Wildman–Crippen LogP) is 2.01. The van der Waals surface area contributed by atoms with E-state index in [1.165, 1.54) is 12.0 Å². The van der Waals surface area contributed by atoms with Crippen LogP contribution in [0.4, 0.5) is 0 Å². The van der Waals surface area contributed by atoms with Gasteiger partial charge in [-0.05, 0) is 48.1 Å². The van der Waals surface area contributed by atoms with Crippen molar-refractivity contribution in [3.8, 4) is 0 Å². The SMILES string of the molecule is O=C(N[C@@H]1CN(Cc2ccsc2)[C@H]2CCCO[C@@H]12)C1CC1. The molecule has 2 saturated heterocycles. The maximum Gasteiger partial charge on any atom is 0.223 e. The second-order valence-electron chi connectivity index (χ2n) is 6.50. The number of amides is 1. The first-order valence-corrected chi connectivity index (χ1v) is 8.92. The Bertz CT molecular complexity index is 500. The van der Waals surface area contributed by atoms with Crippen molar-refractivity contribution in [3.05, 3.63) is 22.4 Å². The molecule has 1 aromatic rings. The Labute approximate surface area is 129 Å². The van der Waals surface area contributed by atoms with Gasteiger partial charge in [0.2, 0.25) is 5.91 Å². The van der Waals surface area contributed by atoms with Crippen LogP contribution in [0, 0.1) is 5.92 Å². The summed E-state index contributed by atoms with van der Waals surface area (Å²) in [6.45, 7) is 2.73. The highest BCUT2D eigenvalue weighted by molar-refractivity contribution is 7.07. The predicted molar refractivity (Wildman–Crippen MR) is 82.1 cm³/mol. The van der Waals surface area contributed by atoms with Crippen molar-refractivity contribution in [2.45, 2.75) is 50.4 Å². The summed E-state index contributed by atoms with van der Waals surface area (Å²) >= 11 is 1.75. The average Bonchev–Trinajstić information content (AvgIpc) is 3.14. The maximum atomic E-state index is 12.1. The third kappa shape index (κ3) is 2.87. The summed E-state index contributed by atoms with van der Waals surface area (Å²) < 4.78 is 6.01. The number of fused-ring (bicyclic) bond motifs is 1. The lowest BCUT2D eigenvalue weighted by molar-refractivity contribution is -0.124. The van der Waals surface area contributed by atoms with E-state index in [9.17, 15) is 4.79 Å². The fraction of sp³-hybridized carbons (Fsp3) is 0.688. The summed E-state index contributed by atoms with van der Waals surface area (Å²) in [6, 6.07) is 2.82. The van der Waals surface area contributed by atoms with Gasteiger partial charge in [-0.1, -0.05) is 0 Å². The molecule has 1 amide bonds. The lowest BCUT2D eigenvalue weighted by atomic mass is 10.0. The Balaban J connectivity index is 1.45. The Hall–Kier alpha value is -0.910. The number of carbonyl (C=O) groups excluding carboxylic acids is 1.